The fraction of sp³-hybridized carbons (Fsp3) is 0.467. The van der Waals surface area contributed by atoms with Gasteiger partial charge in [-0.1, -0.05) is 45.0 Å². The summed E-state index contributed by atoms with van der Waals surface area (Å²) in [5, 5.41) is 8.20. The number of hydrogen-bond donors (Lipinski definition) is 0. The number of hydrogen-bond acceptors (Lipinski definition) is 4. The number of thioether (sulfide) groups is 1. The topological polar surface area (TPSA) is 38.9 Å². The molecule has 0 spiro atoms. The van der Waals surface area contributed by atoms with Crippen molar-refractivity contribution < 1.29 is 4.42 Å². The summed E-state index contributed by atoms with van der Waals surface area (Å²) < 4.78 is 5.67. The molecule has 4 heteroatoms. The maximum atomic E-state index is 5.67. The Kier molecular flexibility index (Phi) is 4.30. The largest absolute Gasteiger partial charge is 0.424 e. The number of aryl methyl sites for hydroxylation is 1. The van der Waals surface area contributed by atoms with Crippen LogP contribution in [0.15, 0.2) is 28.7 Å². The Balaban J connectivity index is 1.90. The SMILES string of the molecule is Cc1ccccc1CSCc1nnc(C(C)(C)C)o1. The first kappa shape index (κ1) is 14.1. The minimum absolute atomic E-state index is 0.0774. The van der Waals surface area contributed by atoms with E-state index in [9.17, 15) is 0 Å². The molecule has 0 radical (unpaired) electrons. The van der Waals surface area contributed by atoms with Gasteiger partial charge in [0.25, 0.3) is 0 Å². The van der Waals surface area contributed by atoms with Crippen LogP contribution in [0.5, 0.6) is 0 Å². The predicted molar refractivity (Wildman–Crippen MR) is 79.2 cm³/mol. The lowest BCUT2D eigenvalue weighted by atomic mass is 9.97. The van der Waals surface area contributed by atoms with Crippen molar-refractivity contribution in [3.8, 4) is 0 Å². The molecule has 1 aromatic heterocycles. The van der Waals surface area contributed by atoms with Crippen LogP contribution in [-0.4, -0.2) is 10.2 Å². The third-order valence-electron chi connectivity index (χ3n) is 2.85. The van der Waals surface area contributed by atoms with Crippen LogP contribution in [0.25, 0.3) is 0 Å². The highest BCUT2D eigenvalue weighted by Gasteiger charge is 2.21. The van der Waals surface area contributed by atoms with Gasteiger partial charge >= 0.3 is 0 Å². The maximum absolute atomic E-state index is 5.67. The zero-order valence-corrected chi connectivity index (χ0v) is 12.8. The van der Waals surface area contributed by atoms with E-state index in [2.05, 4.69) is 62.2 Å². The molecular formula is C15H20N2OS. The molecule has 1 aromatic carbocycles. The van der Waals surface area contributed by atoms with Crippen LogP contribution < -0.4 is 0 Å². The molecule has 0 aliphatic heterocycles. The lowest BCUT2D eigenvalue weighted by Gasteiger charge is -2.10. The fourth-order valence-electron chi connectivity index (χ4n) is 1.64. The van der Waals surface area contributed by atoms with E-state index in [0.717, 1.165) is 11.5 Å². The second-order valence-corrected chi connectivity index (χ2v) is 6.66. The molecule has 0 aliphatic rings. The van der Waals surface area contributed by atoms with Crippen LogP contribution in [0.4, 0.5) is 0 Å². The molecule has 0 N–H and O–H groups in total. The average molecular weight is 276 g/mol. The number of aromatic nitrogens is 2. The van der Waals surface area contributed by atoms with Crippen LogP contribution in [-0.2, 0) is 16.9 Å². The summed E-state index contributed by atoms with van der Waals surface area (Å²) in [5.41, 5.74) is 2.62. The minimum atomic E-state index is -0.0774. The first-order valence-electron chi connectivity index (χ1n) is 6.42. The maximum Gasteiger partial charge on any atom is 0.226 e. The van der Waals surface area contributed by atoms with E-state index >= 15 is 0 Å². The van der Waals surface area contributed by atoms with Gasteiger partial charge in [-0.05, 0) is 18.1 Å². The number of rotatable bonds is 4. The van der Waals surface area contributed by atoms with E-state index in [1.54, 1.807) is 11.8 Å². The zero-order valence-electron chi connectivity index (χ0n) is 11.9. The van der Waals surface area contributed by atoms with Gasteiger partial charge < -0.3 is 4.42 Å². The van der Waals surface area contributed by atoms with E-state index in [4.69, 9.17) is 4.42 Å². The summed E-state index contributed by atoms with van der Waals surface area (Å²) in [6.07, 6.45) is 0. The zero-order chi connectivity index (χ0) is 13.9. The van der Waals surface area contributed by atoms with Crippen molar-refractivity contribution in [3.63, 3.8) is 0 Å². The Labute approximate surface area is 118 Å². The molecule has 0 amide bonds. The molecule has 0 saturated heterocycles. The van der Waals surface area contributed by atoms with Gasteiger partial charge in [-0.25, -0.2) is 0 Å². The highest BCUT2D eigenvalue weighted by Crippen LogP contribution is 2.23. The second-order valence-electron chi connectivity index (χ2n) is 5.67. The lowest BCUT2D eigenvalue weighted by molar-refractivity contribution is 0.378. The van der Waals surface area contributed by atoms with Gasteiger partial charge in [0.15, 0.2) is 0 Å². The van der Waals surface area contributed by atoms with Gasteiger partial charge in [0.05, 0.1) is 5.75 Å². The normalized spacial score (nSPS) is 11.8. The molecule has 0 aliphatic carbocycles. The van der Waals surface area contributed by atoms with Crippen LogP contribution in [0, 0.1) is 6.92 Å². The molecule has 0 unspecified atom stereocenters. The molecule has 2 aromatic rings. The summed E-state index contributed by atoms with van der Waals surface area (Å²) >= 11 is 1.80. The Morgan fingerprint density at radius 2 is 1.84 bits per heavy atom. The number of benzene rings is 1. The molecule has 1 heterocycles. The van der Waals surface area contributed by atoms with Crippen molar-refractivity contribution >= 4 is 11.8 Å². The van der Waals surface area contributed by atoms with Crippen molar-refractivity contribution in [3.05, 3.63) is 47.2 Å². The summed E-state index contributed by atoms with van der Waals surface area (Å²) in [5.74, 6) is 3.15. The van der Waals surface area contributed by atoms with Crippen molar-refractivity contribution in [2.24, 2.45) is 0 Å². The quantitative estimate of drug-likeness (QED) is 0.842. The van der Waals surface area contributed by atoms with E-state index in [-0.39, 0.29) is 5.41 Å². The van der Waals surface area contributed by atoms with Crippen molar-refractivity contribution in [1.82, 2.24) is 10.2 Å². The second kappa shape index (κ2) is 5.78. The Morgan fingerprint density at radius 1 is 1.11 bits per heavy atom. The van der Waals surface area contributed by atoms with E-state index in [0.29, 0.717) is 11.8 Å². The average Bonchev–Trinajstić information content (AvgIpc) is 2.80. The van der Waals surface area contributed by atoms with Gasteiger partial charge in [0.2, 0.25) is 11.8 Å². The van der Waals surface area contributed by atoms with Crippen LogP contribution in [0.3, 0.4) is 0 Å². The third kappa shape index (κ3) is 3.83. The van der Waals surface area contributed by atoms with Gasteiger partial charge in [-0.2, -0.15) is 0 Å². The molecule has 0 atom stereocenters. The van der Waals surface area contributed by atoms with Crippen molar-refractivity contribution in [1.29, 1.82) is 0 Å². The van der Waals surface area contributed by atoms with Gasteiger partial charge in [-0.3, -0.25) is 0 Å². The Morgan fingerprint density at radius 3 is 2.47 bits per heavy atom. The fourth-order valence-corrected chi connectivity index (χ4v) is 2.57. The molecule has 3 nitrogen and oxygen atoms in total. The first-order valence-corrected chi connectivity index (χ1v) is 7.57. The highest BCUT2D eigenvalue weighted by atomic mass is 32.2. The standard InChI is InChI=1S/C15H20N2OS/c1-11-7-5-6-8-12(11)9-19-10-13-16-17-14(18-13)15(2,3)4/h5-8H,9-10H2,1-4H3. The summed E-state index contributed by atoms with van der Waals surface area (Å²) in [7, 11) is 0. The minimum Gasteiger partial charge on any atom is -0.424 e. The summed E-state index contributed by atoms with van der Waals surface area (Å²) in [6, 6.07) is 8.45. The molecule has 0 saturated carbocycles. The number of nitrogens with zero attached hydrogens (tertiary/aromatic N) is 2. The summed E-state index contributed by atoms with van der Waals surface area (Å²) in [6.45, 7) is 8.36. The molecule has 0 fully saturated rings. The van der Waals surface area contributed by atoms with Gasteiger partial charge in [0.1, 0.15) is 0 Å². The van der Waals surface area contributed by atoms with Crippen molar-refractivity contribution in [2.45, 2.75) is 44.6 Å². The smallest absolute Gasteiger partial charge is 0.226 e. The Hall–Kier alpha value is -1.29. The summed E-state index contributed by atoms with van der Waals surface area (Å²) in [4.78, 5) is 0. The van der Waals surface area contributed by atoms with Crippen LogP contribution in [0.1, 0.15) is 43.7 Å². The van der Waals surface area contributed by atoms with E-state index in [1.165, 1.54) is 11.1 Å². The van der Waals surface area contributed by atoms with Gasteiger partial charge in [-0.15, -0.1) is 22.0 Å². The molecule has 19 heavy (non-hydrogen) atoms. The molecule has 102 valence electrons. The van der Waals surface area contributed by atoms with Crippen LogP contribution >= 0.6 is 11.8 Å². The monoisotopic (exact) mass is 276 g/mol. The lowest BCUT2D eigenvalue weighted by Crippen LogP contribution is -2.11. The molecular weight excluding hydrogens is 256 g/mol. The Bertz CT molecular complexity index is 543. The predicted octanol–water partition coefficient (Wildman–Crippen LogP) is 4.11. The highest BCUT2D eigenvalue weighted by molar-refractivity contribution is 7.97. The van der Waals surface area contributed by atoms with Crippen LogP contribution in [0.2, 0.25) is 0 Å². The van der Waals surface area contributed by atoms with Crippen molar-refractivity contribution in [2.75, 3.05) is 0 Å². The third-order valence-corrected chi connectivity index (χ3v) is 3.82. The first-order chi connectivity index (χ1) is 8.97. The van der Waals surface area contributed by atoms with E-state index < -0.39 is 0 Å². The molecule has 2 rings (SSSR count). The molecule has 0 bridgehead atoms. The van der Waals surface area contributed by atoms with E-state index in [1.807, 2.05) is 0 Å². The van der Waals surface area contributed by atoms with Gasteiger partial charge in [0, 0.05) is 11.2 Å².